The minimum atomic E-state index is 0.129. The maximum absolute atomic E-state index is 5.96. The zero-order valence-corrected chi connectivity index (χ0v) is 11.4. The summed E-state index contributed by atoms with van der Waals surface area (Å²) >= 11 is 3.72. The average Bonchev–Trinajstić information content (AvgIpc) is 2.41. The highest BCUT2D eigenvalue weighted by Gasteiger charge is 2.31. The second-order valence-corrected chi connectivity index (χ2v) is 6.55. The van der Waals surface area contributed by atoms with Gasteiger partial charge >= 0.3 is 0 Å². The molecule has 0 saturated carbocycles. The Balaban J connectivity index is 2.21. The van der Waals surface area contributed by atoms with Gasteiger partial charge in [0.15, 0.2) is 0 Å². The van der Waals surface area contributed by atoms with E-state index in [1.54, 1.807) is 0 Å². The van der Waals surface area contributed by atoms with Crippen LogP contribution in [0.15, 0.2) is 0 Å². The van der Waals surface area contributed by atoms with E-state index in [1.165, 1.54) is 25.7 Å². The Kier molecular flexibility index (Phi) is 4.45. The van der Waals surface area contributed by atoms with E-state index in [2.05, 4.69) is 43.6 Å². The predicted octanol–water partition coefficient (Wildman–Crippen LogP) is 4.14. The molecule has 1 nitrogen and oxygen atoms in total. The molecular weight excluding hydrogens is 240 g/mol. The molecule has 0 aliphatic carbocycles. The summed E-state index contributed by atoms with van der Waals surface area (Å²) in [6, 6.07) is 0. The fraction of sp³-hybridized carbons (Fsp3) is 1.00. The zero-order valence-electron chi connectivity index (χ0n) is 9.85. The van der Waals surface area contributed by atoms with Crippen molar-refractivity contribution in [3.05, 3.63) is 0 Å². The lowest BCUT2D eigenvalue weighted by Crippen LogP contribution is -2.20. The minimum absolute atomic E-state index is 0.129. The zero-order chi connectivity index (χ0) is 10.8. The summed E-state index contributed by atoms with van der Waals surface area (Å²) in [7, 11) is 0. The maximum Gasteiger partial charge on any atom is 0.0631 e. The van der Waals surface area contributed by atoms with E-state index in [1.807, 2.05) is 0 Å². The van der Waals surface area contributed by atoms with Crippen molar-refractivity contribution >= 4 is 15.9 Å². The van der Waals surface area contributed by atoms with E-state index in [0.717, 1.165) is 5.92 Å². The predicted molar refractivity (Wildman–Crippen MR) is 65.0 cm³/mol. The fourth-order valence-electron chi connectivity index (χ4n) is 1.96. The van der Waals surface area contributed by atoms with E-state index >= 15 is 0 Å². The van der Waals surface area contributed by atoms with Gasteiger partial charge in [0.2, 0.25) is 0 Å². The highest BCUT2D eigenvalue weighted by molar-refractivity contribution is 9.09. The van der Waals surface area contributed by atoms with Crippen LogP contribution in [-0.4, -0.2) is 16.5 Å². The van der Waals surface area contributed by atoms with Gasteiger partial charge in [-0.15, -0.1) is 0 Å². The van der Waals surface area contributed by atoms with Crippen molar-refractivity contribution in [2.45, 2.75) is 69.9 Å². The molecule has 1 heterocycles. The Morgan fingerprint density at radius 1 is 1.43 bits per heavy atom. The molecule has 0 aromatic heterocycles. The Morgan fingerprint density at radius 3 is 2.50 bits per heavy atom. The molecule has 0 N–H and O–H groups in total. The molecule has 0 spiro atoms. The summed E-state index contributed by atoms with van der Waals surface area (Å²) < 4.78 is 5.96. The quantitative estimate of drug-likeness (QED) is 0.692. The Bertz CT molecular complexity index is 177. The number of rotatable bonds is 4. The molecule has 0 aromatic rings. The van der Waals surface area contributed by atoms with Gasteiger partial charge < -0.3 is 4.74 Å². The average molecular weight is 263 g/mol. The summed E-state index contributed by atoms with van der Waals surface area (Å²) in [4.78, 5) is 0.648. The van der Waals surface area contributed by atoms with Crippen molar-refractivity contribution < 1.29 is 4.74 Å². The number of hydrogen-bond donors (Lipinski definition) is 0. The molecular formula is C12H23BrO. The van der Waals surface area contributed by atoms with Crippen molar-refractivity contribution in [1.82, 2.24) is 0 Å². The first-order chi connectivity index (χ1) is 6.41. The Labute approximate surface area is 96.7 Å². The maximum atomic E-state index is 5.96. The number of alkyl halides is 1. The van der Waals surface area contributed by atoms with E-state index in [4.69, 9.17) is 4.74 Å². The van der Waals surface area contributed by atoms with Crippen LogP contribution in [0.5, 0.6) is 0 Å². The molecule has 0 amide bonds. The lowest BCUT2D eigenvalue weighted by molar-refractivity contribution is -0.0191. The smallest absolute Gasteiger partial charge is 0.0631 e. The normalized spacial score (nSPS) is 28.3. The summed E-state index contributed by atoms with van der Waals surface area (Å²) in [5, 5.41) is 0. The van der Waals surface area contributed by atoms with Gasteiger partial charge in [-0.05, 0) is 45.4 Å². The van der Waals surface area contributed by atoms with Crippen LogP contribution in [0.2, 0.25) is 0 Å². The van der Waals surface area contributed by atoms with Crippen LogP contribution in [-0.2, 0) is 4.74 Å². The molecule has 1 rings (SSSR count). The van der Waals surface area contributed by atoms with Crippen molar-refractivity contribution in [3.8, 4) is 0 Å². The van der Waals surface area contributed by atoms with Gasteiger partial charge in [0.25, 0.3) is 0 Å². The number of ether oxygens (including phenoxy) is 1. The van der Waals surface area contributed by atoms with Crippen LogP contribution < -0.4 is 0 Å². The molecule has 14 heavy (non-hydrogen) atoms. The van der Waals surface area contributed by atoms with Gasteiger partial charge in [-0.2, -0.15) is 0 Å². The minimum Gasteiger partial charge on any atom is -0.372 e. The molecule has 1 aliphatic rings. The summed E-state index contributed by atoms with van der Waals surface area (Å²) in [6.45, 7) is 8.92. The van der Waals surface area contributed by atoms with Crippen molar-refractivity contribution in [2.24, 2.45) is 5.92 Å². The molecule has 0 radical (unpaired) electrons. The molecule has 2 heteroatoms. The fourth-order valence-corrected chi connectivity index (χ4v) is 2.22. The molecule has 0 bridgehead atoms. The topological polar surface area (TPSA) is 9.23 Å². The lowest BCUT2D eigenvalue weighted by atomic mass is 10.0. The van der Waals surface area contributed by atoms with E-state index in [-0.39, 0.29) is 5.60 Å². The molecule has 1 aliphatic heterocycles. The van der Waals surface area contributed by atoms with E-state index in [9.17, 15) is 0 Å². The van der Waals surface area contributed by atoms with Crippen LogP contribution in [0.4, 0.5) is 0 Å². The third kappa shape index (κ3) is 3.90. The van der Waals surface area contributed by atoms with Gasteiger partial charge in [0.1, 0.15) is 0 Å². The van der Waals surface area contributed by atoms with Crippen molar-refractivity contribution in [1.29, 1.82) is 0 Å². The van der Waals surface area contributed by atoms with Gasteiger partial charge in [-0.3, -0.25) is 0 Å². The van der Waals surface area contributed by atoms with Crippen LogP contribution in [0.25, 0.3) is 0 Å². The van der Waals surface area contributed by atoms with Crippen LogP contribution >= 0.6 is 15.9 Å². The van der Waals surface area contributed by atoms with Gasteiger partial charge in [0, 0.05) is 4.83 Å². The van der Waals surface area contributed by atoms with Gasteiger partial charge in [-0.25, -0.2) is 0 Å². The molecule has 84 valence electrons. The third-order valence-electron chi connectivity index (χ3n) is 3.04. The molecule has 1 fully saturated rings. The Hall–Kier alpha value is 0.440. The molecule has 0 aromatic carbocycles. The van der Waals surface area contributed by atoms with E-state index < -0.39 is 0 Å². The number of halogens is 1. The largest absolute Gasteiger partial charge is 0.372 e. The highest BCUT2D eigenvalue weighted by atomic mass is 79.9. The second-order valence-electron chi connectivity index (χ2n) is 5.38. The van der Waals surface area contributed by atoms with Crippen LogP contribution in [0.1, 0.15) is 53.4 Å². The first-order valence-corrected chi connectivity index (χ1v) is 6.64. The standard InChI is InChI=1S/C12H23BrO/c1-9(2)11(13)6-5-10-7-8-12(3,4)14-10/h9-11H,5-8H2,1-4H3. The van der Waals surface area contributed by atoms with Gasteiger partial charge in [0.05, 0.1) is 11.7 Å². The summed E-state index contributed by atoms with van der Waals surface area (Å²) in [6.07, 6.45) is 5.40. The van der Waals surface area contributed by atoms with Gasteiger partial charge in [-0.1, -0.05) is 29.8 Å². The van der Waals surface area contributed by atoms with Crippen LogP contribution in [0.3, 0.4) is 0 Å². The summed E-state index contributed by atoms with van der Waals surface area (Å²) in [5.41, 5.74) is 0.129. The van der Waals surface area contributed by atoms with E-state index in [0.29, 0.717) is 10.9 Å². The first-order valence-electron chi connectivity index (χ1n) is 5.72. The second kappa shape index (κ2) is 4.98. The highest BCUT2D eigenvalue weighted by Crippen LogP contribution is 2.32. The summed E-state index contributed by atoms with van der Waals surface area (Å²) in [5.74, 6) is 0.726. The van der Waals surface area contributed by atoms with Crippen LogP contribution in [0, 0.1) is 5.92 Å². The lowest BCUT2D eigenvalue weighted by Gasteiger charge is -2.20. The number of hydrogen-bond acceptors (Lipinski definition) is 1. The SMILES string of the molecule is CC(C)C(Br)CCC1CCC(C)(C)O1. The van der Waals surface area contributed by atoms with Crippen molar-refractivity contribution in [3.63, 3.8) is 0 Å². The monoisotopic (exact) mass is 262 g/mol. The molecule has 2 atom stereocenters. The molecule has 1 saturated heterocycles. The van der Waals surface area contributed by atoms with Crippen molar-refractivity contribution in [2.75, 3.05) is 0 Å². The molecule has 2 unspecified atom stereocenters. The Morgan fingerprint density at radius 2 is 2.07 bits per heavy atom. The first kappa shape index (κ1) is 12.5. The third-order valence-corrected chi connectivity index (χ3v) is 4.56.